The van der Waals surface area contributed by atoms with E-state index in [-0.39, 0.29) is 5.92 Å². The van der Waals surface area contributed by atoms with E-state index < -0.39 is 0 Å². The van der Waals surface area contributed by atoms with Gasteiger partial charge in [0.1, 0.15) is 0 Å². The molecule has 3 aromatic carbocycles. The fourth-order valence-corrected chi connectivity index (χ4v) is 2.46. The Balaban J connectivity index is 2.01. The summed E-state index contributed by atoms with van der Waals surface area (Å²) in [5, 5.41) is 0.742. The molecule has 0 bridgehead atoms. The first-order valence-corrected chi connectivity index (χ1v) is 7.58. The Bertz CT molecular complexity index is 778. The monoisotopic (exact) mass is 302 g/mol. The van der Waals surface area contributed by atoms with Gasteiger partial charge >= 0.3 is 0 Å². The topological polar surface area (TPSA) is 0 Å². The second kappa shape index (κ2) is 6.98. The Labute approximate surface area is 136 Å². The average Bonchev–Trinajstić information content (AvgIpc) is 2.58. The lowest BCUT2D eigenvalue weighted by Gasteiger charge is -2.11. The standard InChI is InChI=1S/C21H15Cl/c22-20-14-12-19(13-15-20)21(18-9-5-2-6-10-18)16-11-17-7-3-1-4-8-17/h1-10,12-15,21H. The predicted molar refractivity (Wildman–Crippen MR) is 93.1 cm³/mol. The molecule has 0 aliphatic rings. The lowest BCUT2D eigenvalue weighted by molar-refractivity contribution is 1.06. The largest absolute Gasteiger partial charge is 0.0848 e. The first kappa shape index (κ1) is 14.4. The third-order valence-corrected chi connectivity index (χ3v) is 3.72. The molecule has 0 N–H and O–H groups in total. The van der Waals surface area contributed by atoms with Gasteiger partial charge in [-0.3, -0.25) is 0 Å². The summed E-state index contributed by atoms with van der Waals surface area (Å²) >= 11 is 6.00. The molecule has 0 nitrogen and oxygen atoms in total. The van der Waals surface area contributed by atoms with Crippen molar-refractivity contribution >= 4 is 11.6 Å². The van der Waals surface area contributed by atoms with E-state index in [0.717, 1.165) is 16.1 Å². The molecule has 1 heteroatoms. The van der Waals surface area contributed by atoms with Crippen molar-refractivity contribution in [3.8, 4) is 11.8 Å². The van der Waals surface area contributed by atoms with Crippen LogP contribution in [0, 0.1) is 11.8 Å². The summed E-state index contributed by atoms with van der Waals surface area (Å²) in [5.41, 5.74) is 3.37. The minimum Gasteiger partial charge on any atom is -0.0848 e. The fraction of sp³-hybridized carbons (Fsp3) is 0.0476. The highest BCUT2D eigenvalue weighted by Gasteiger charge is 2.10. The van der Waals surface area contributed by atoms with Gasteiger partial charge in [0.15, 0.2) is 0 Å². The number of rotatable bonds is 2. The van der Waals surface area contributed by atoms with Crippen molar-refractivity contribution in [2.75, 3.05) is 0 Å². The average molecular weight is 303 g/mol. The zero-order valence-corrected chi connectivity index (χ0v) is 12.8. The highest BCUT2D eigenvalue weighted by Crippen LogP contribution is 2.25. The molecule has 106 valence electrons. The maximum Gasteiger partial charge on any atom is 0.0705 e. The van der Waals surface area contributed by atoms with Gasteiger partial charge in [-0.2, -0.15) is 0 Å². The number of hydrogen-bond acceptors (Lipinski definition) is 0. The molecule has 1 atom stereocenters. The quantitative estimate of drug-likeness (QED) is 0.546. The third-order valence-electron chi connectivity index (χ3n) is 3.47. The highest BCUT2D eigenvalue weighted by molar-refractivity contribution is 6.30. The summed E-state index contributed by atoms with van der Waals surface area (Å²) in [6, 6.07) is 28.3. The first-order valence-electron chi connectivity index (χ1n) is 7.20. The van der Waals surface area contributed by atoms with Gasteiger partial charge in [-0.25, -0.2) is 0 Å². The summed E-state index contributed by atoms with van der Waals surface area (Å²) < 4.78 is 0. The van der Waals surface area contributed by atoms with Crippen molar-refractivity contribution in [2.45, 2.75) is 5.92 Å². The van der Waals surface area contributed by atoms with E-state index in [1.54, 1.807) is 0 Å². The van der Waals surface area contributed by atoms with Gasteiger partial charge in [-0.15, -0.1) is 0 Å². The van der Waals surface area contributed by atoms with Gasteiger partial charge in [-0.05, 0) is 35.4 Å². The molecular formula is C21H15Cl. The predicted octanol–water partition coefficient (Wildman–Crippen LogP) is 5.52. The smallest absolute Gasteiger partial charge is 0.0705 e. The molecule has 0 saturated heterocycles. The van der Waals surface area contributed by atoms with Crippen LogP contribution in [-0.2, 0) is 0 Å². The van der Waals surface area contributed by atoms with Crippen LogP contribution in [0.15, 0.2) is 84.9 Å². The van der Waals surface area contributed by atoms with E-state index in [1.165, 1.54) is 5.56 Å². The van der Waals surface area contributed by atoms with E-state index in [4.69, 9.17) is 11.6 Å². The van der Waals surface area contributed by atoms with Gasteiger partial charge < -0.3 is 0 Å². The molecule has 3 rings (SSSR count). The van der Waals surface area contributed by atoms with Crippen molar-refractivity contribution in [1.82, 2.24) is 0 Å². The van der Waals surface area contributed by atoms with Crippen LogP contribution in [0.1, 0.15) is 22.6 Å². The molecule has 0 aliphatic heterocycles. The molecule has 0 heterocycles. The van der Waals surface area contributed by atoms with E-state index in [1.807, 2.05) is 72.8 Å². The van der Waals surface area contributed by atoms with Crippen molar-refractivity contribution < 1.29 is 0 Å². The summed E-state index contributed by atoms with van der Waals surface area (Å²) in [6.45, 7) is 0. The van der Waals surface area contributed by atoms with Gasteiger partial charge in [0, 0.05) is 10.6 Å². The maximum atomic E-state index is 6.00. The fourth-order valence-electron chi connectivity index (χ4n) is 2.34. The normalized spacial score (nSPS) is 11.3. The number of halogens is 1. The molecule has 0 saturated carbocycles. The maximum absolute atomic E-state index is 6.00. The van der Waals surface area contributed by atoms with Crippen LogP contribution in [0.4, 0.5) is 0 Å². The molecule has 0 amide bonds. The second-order valence-corrected chi connectivity index (χ2v) is 5.47. The van der Waals surface area contributed by atoms with Crippen molar-refractivity contribution in [2.24, 2.45) is 0 Å². The van der Waals surface area contributed by atoms with Gasteiger partial charge in [0.2, 0.25) is 0 Å². The second-order valence-electron chi connectivity index (χ2n) is 5.03. The lowest BCUT2D eigenvalue weighted by atomic mass is 9.91. The van der Waals surface area contributed by atoms with Crippen LogP contribution < -0.4 is 0 Å². The molecule has 0 aromatic heterocycles. The van der Waals surface area contributed by atoms with E-state index in [0.29, 0.717) is 0 Å². The van der Waals surface area contributed by atoms with Crippen LogP contribution in [0.5, 0.6) is 0 Å². The lowest BCUT2D eigenvalue weighted by Crippen LogP contribution is -1.98. The molecule has 0 radical (unpaired) electrons. The minimum atomic E-state index is 0.0404. The summed E-state index contributed by atoms with van der Waals surface area (Å²) in [4.78, 5) is 0. The Kier molecular flexibility index (Phi) is 4.59. The Morgan fingerprint density at radius 3 is 1.82 bits per heavy atom. The Morgan fingerprint density at radius 1 is 0.636 bits per heavy atom. The first-order chi connectivity index (χ1) is 10.8. The van der Waals surface area contributed by atoms with Crippen LogP contribution in [-0.4, -0.2) is 0 Å². The van der Waals surface area contributed by atoms with Crippen molar-refractivity contribution in [1.29, 1.82) is 0 Å². The van der Waals surface area contributed by atoms with Crippen LogP contribution in [0.2, 0.25) is 5.02 Å². The zero-order valence-electron chi connectivity index (χ0n) is 12.0. The summed E-state index contributed by atoms with van der Waals surface area (Å²) in [7, 11) is 0. The van der Waals surface area contributed by atoms with Crippen molar-refractivity contribution in [3.05, 3.63) is 107 Å². The molecule has 0 aliphatic carbocycles. The third kappa shape index (κ3) is 3.58. The highest BCUT2D eigenvalue weighted by atomic mass is 35.5. The molecule has 1 unspecified atom stereocenters. The van der Waals surface area contributed by atoms with Crippen LogP contribution in [0.25, 0.3) is 0 Å². The van der Waals surface area contributed by atoms with Crippen LogP contribution >= 0.6 is 11.6 Å². The Hall–Kier alpha value is -2.49. The minimum absolute atomic E-state index is 0.0404. The van der Waals surface area contributed by atoms with Gasteiger partial charge in [-0.1, -0.05) is 84.1 Å². The van der Waals surface area contributed by atoms with E-state index in [2.05, 4.69) is 24.0 Å². The molecule has 0 fully saturated rings. The van der Waals surface area contributed by atoms with Crippen LogP contribution in [0.3, 0.4) is 0 Å². The molecule has 0 spiro atoms. The molecule has 3 aromatic rings. The number of hydrogen-bond donors (Lipinski definition) is 0. The summed E-state index contributed by atoms with van der Waals surface area (Å²) in [5.74, 6) is 6.71. The van der Waals surface area contributed by atoms with Crippen molar-refractivity contribution in [3.63, 3.8) is 0 Å². The van der Waals surface area contributed by atoms with Gasteiger partial charge in [0.25, 0.3) is 0 Å². The van der Waals surface area contributed by atoms with Gasteiger partial charge in [0.05, 0.1) is 5.92 Å². The van der Waals surface area contributed by atoms with E-state index >= 15 is 0 Å². The molecular weight excluding hydrogens is 288 g/mol. The molecule has 22 heavy (non-hydrogen) atoms. The number of benzene rings is 3. The van der Waals surface area contributed by atoms with E-state index in [9.17, 15) is 0 Å². The zero-order chi connectivity index (χ0) is 15.2. The summed E-state index contributed by atoms with van der Waals surface area (Å²) in [6.07, 6.45) is 0. The SMILES string of the molecule is Clc1ccc(C(C#Cc2ccccc2)c2ccccc2)cc1. The Morgan fingerprint density at radius 2 is 1.18 bits per heavy atom.